The Bertz CT molecular complexity index is 581. The summed E-state index contributed by atoms with van der Waals surface area (Å²) in [5.41, 5.74) is 8.27. The second kappa shape index (κ2) is 4.96. The van der Waals surface area contributed by atoms with Crippen molar-refractivity contribution in [3.63, 3.8) is 0 Å². The minimum absolute atomic E-state index is 0.0248. The number of anilines is 2. The molecule has 0 aliphatic heterocycles. The number of hydrogen-bond donors (Lipinski definition) is 2. The van der Waals surface area contributed by atoms with Crippen molar-refractivity contribution in [2.75, 3.05) is 23.7 Å². The Hall–Kier alpha value is -2.22. The van der Waals surface area contributed by atoms with Crippen molar-refractivity contribution in [3.8, 4) is 6.07 Å². The zero-order valence-corrected chi connectivity index (χ0v) is 10.6. The first kappa shape index (κ1) is 12.2. The smallest absolute Gasteiger partial charge is 0.203 e. The van der Waals surface area contributed by atoms with Crippen molar-refractivity contribution < 1.29 is 0 Å². The van der Waals surface area contributed by atoms with Crippen molar-refractivity contribution in [3.05, 3.63) is 18.2 Å². The van der Waals surface area contributed by atoms with Gasteiger partial charge in [0.05, 0.1) is 23.0 Å². The Morgan fingerprint density at radius 2 is 2.33 bits per heavy atom. The summed E-state index contributed by atoms with van der Waals surface area (Å²) in [6.45, 7) is 5.43. The van der Waals surface area contributed by atoms with Crippen LogP contribution in [0.4, 0.5) is 11.6 Å². The number of H-pyrrole nitrogens is 1. The van der Waals surface area contributed by atoms with Crippen molar-refractivity contribution in [1.29, 1.82) is 5.26 Å². The highest BCUT2D eigenvalue weighted by molar-refractivity contribution is 5.80. The third kappa shape index (κ3) is 2.38. The van der Waals surface area contributed by atoms with E-state index in [1.54, 1.807) is 0 Å². The molecule has 1 atom stereocenters. The number of aromatic nitrogens is 2. The van der Waals surface area contributed by atoms with Crippen LogP contribution >= 0.6 is 0 Å². The molecule has 5 heteroatoms. The Morgan fingerprint density at radius 3 is 3.00 bits per heavy atom. The summed E-state index contributed by atoms with van der Waals surface area (Å²) in [5, 5.41) is 8.88. The highest BCUT2D eigenvalue weighted by Crippen LogP contribution is 2.20. The molecule has 0 bridgehead atoms. The minimum atomic E-state index is -0.0248. The van der Waals surface area contributed by atoms with Crippen LogP contribution in [0, 0.1) is 17.2 Å². The van der Waals surface area contributed by atoms with Crippen LogP contribution in [-0.4, -0.2) is 23.1 Å². The number of nitrogens with one attached hydrogen (secondary N) is 1. The van der Waals surface area contributed by atoms with Crippen molar-refractivity contribution in [1.82, 2.24) is 9.97 Å². The van der Waals surface area contributed by atoms with E-state index >= 15 is 0 Å². The molecule has 0 spiro atoms. The normalized spacial score (nSPS) is 12.3. The SMILES string of the molecule is CCN(CC(C)C#N)c1nc2ccc(N)cc2[nH]1. The molecule has 0 saturated carbocycles. The molecular formula is C13H17N5. The topological polar surface area (TPSA) is 81.7 Å². The summed E-state index contributed by atoms with van der Waals surface area (Å²) in [6, 6.07) is 7.84. The fourth-order valence-electron chi connectivity index (χ4n) is 1.90. The second-order valence-corrected chi connectivity index (χ2v) is 4.41. The quantitative estimate of drug-likeness (QED) is 0.806. The summed E-state index contributed by atoms with van der Waals surface area (Å²) in [4.78, 5) is 9.82. The van der Waals surface area contributed by atoms with E-state index in [0.29, 0.717) is 12.2 Å². The lowest BCUT2D eigenvalue weighted by atomic mass is 10.2. The van der Waals surface area contributed by atoms with Gasteiger partial charge in [-0.15, -0.1) is 0 Å². The Morgan fingerprint density at radius 1 is 1.56 bits per heavy atom. The van der Waals surface area contributed by atoms with Crippen LogP contribution in [-0.2, 0) is 0 Å². The first-order chi connectivity index (χ1) is 8.63. The van der Waals surface area contributed by atoms with Gasteiger partial charge in [-0.2, -0.15) is 5.26 Å². The van der Waals surface area contributed by atoms with E-state index in [1.165, 1.54) is 0 Å². The molecule has 94 valence electrons. The average molecular weight is 243 g/mol. The van der Waals surface area contributed by atoms with Crippen LogP contribution in [0.3, 0.4) is 0 Å². The second-order valence-electron chi connectivity index (χ2n) is 4.41. The Kier molecular flexibility index (Phi) is 3.38. The van der Waals surface area contributed by atoms with E-state index in [4.69, 9.17) is 11.0 Å². The summed E-state index contributed by atoms with van der Waals surface area (Å²) in [7, 11) is 0. The molecule has 2 rings (SSSR count). The fourth-order valence-corrected chi connectivity index (χ4v) is 1.90. The number of hydrogen-bond acceptors (Lipinski definition) is 4. The molecule has 1 unspecified atom stereocenters. The van der Waals surface area contributed by atoms with E-state index in [0.717, 1.165) is 23.5 Å². The van der Waals surface area contributed by atoms with Gasteiger partial charge in [-0.25, -0.2) is 4.98 Å². The predicted molar refractivity (Wildman–Crippen MR) is 73.2 cm³/mol. The van der Waals surface area contributed by atoms with Crippen LogP contribution in [0.5, 0.6) is 0 Å². The summed E-state index contributed by atoms with van der Waals surface area (Å²) in [6.07, 6.45) is 0. The minimum Gasteiger partial charge on any atom is -0.399 e. The molecule has 5 nitrogen and oxygen atoms in total. The molecule has 0 fully saturated rings. The molecule has 3 N–H and O–H groups in total. The maximum absolute atomic E-state index is 8.88. The maximum Gasteiger partial charge on any atom is 0.203 e. The zero-order valence-electron chi connectivity index (χ0n) is 10.6. The monoisotopic (exact) mass is 243 g/mol. The van der Waals surface area contributed by atoms with Gasteiger partial charge in [-0.1, -0.05) is 0 Å². The molecule has 0 aliphatic carbocycles. The number of fused-ring (bicyclic) bond motifs is 1. The molecule has 1 aromatic heterocycles. The third-order valence-electron chi connectivity index (χ3n) is 2.89. The van der Waals surface area contributed by atoms with Crippen LogP contribution in [0.2, 0.25) is 0 Å². The van der Waals surface area contributed by atoms with Crippen molar-refractivity contribution in [2.45, 2.75) is 13.8 Å². The molecule has 1 heterocycles. The number of aromatic amines is 1. The lowest BCUT2D eigenvalue weighted by molar-refractivity contribution is 0.675. The van der Waals surface area contributed by atoms with Crippen LogP contribution in [0.25, 0.3) is 11.0 Å². The first-order valence-electron chi connectivity index (χ1n) is 6.03. The molecule has 2 aromatic rings. The lowest BCUT2D eigenvalue weighted by Crippen LogP contribution is -2.28. The van der Waals surface area contributed by atoms with E-state index in [-0.39, 0.29) is 5.92 Å². The molecule has 1 aromatic carbocycles. The van der Waals surface area contributed by atoms with Crippen LogP contribution in [0.1, 0.15) is 13.8 Å². The highest BCUT2D eigenvalue weighted by atomic mass is 15.3. The van der Waals surface area contributed by atoms with Gasteiger partial charge in [0, 0.05) is 18.8 Å². The molecule has 0 saturated heterocycles. The number of nitrogen functional groups attached to an aromatic ring is 1. The maximum atomic E-state index is 8.88. The largest absolute Gasteiger partial charge is 0.399 e. The standard InChI is InChI=1S/C13H17N5/c1-3-18(8-9(2)7-14)13-16-11-5-4-10(15)6-12(11)17-13/h4-6,9H,3,8,15H2,1-2H3,(H,16,17). The summed E-state index contributed by atoms with van der Waals surface area (Å²) < 4.78 is 0. The van der Waals surface area contributed by atoms with Crippen molar-refractivity contribution in [2.24, 2.45) is 5.92 Å². The number of rotatable bonds is 4. The van der Waals surface area contributed by atoms with E-state index in [9.17, 15) is 0 Å². The van der Waals surface area contributed by atoms with Crippen molar-refractivity contribution >= 4 is 22.7 Å². The number of imidazole rings is 1. The van der Waals surface area contributed by atoms with Gasteiger partial charge < -0.3 is 15.6 Å². The van der Waals surface area contributed by atoms with Gasteiger partial charge in [0.15, 0.2) is 0 Å². The van der Waals surface area contributed by atoms with Gasteiger partial charge in [-0.3, -0.25) is 0 Å². The summed E-state index contributed by atoms with van der Waals surface area (Å²) in [5.74, 6) is 0.767. The van der Waals surface area contributed by atoms with Crippen LogP contribution < -0.4 is 10.6 Å². The number of nitrogens with zero attached hydrogens (tertiary/aromatic N) is 3. The van der Waals surface area contributed by atoms with Gasteiger partial charge >= 0.3 is 0 Å². The summed E-state index contributed by atoms with van der Waals surface area (Å²) >= 11 is 0. The predicted octanol–water partition coefficient (Wildman–Crippen LogP) is 2.13. The van der Waals surface area contributed by atoms with E-state index in [2.05, 4.69) is 20.9 Å². The third-order valence-corrected chi connectivity index (χ3v) is 2.89. The Balaban J connectivity index is 2.31. The van der Waals surface area contributed by atoms with Gasteiger partial charge in [-0.05, 0) is 32.0 Å². The van der Waals surface area contributed by atoms with Gasteiger partial charge in [0.2, 0.25) is 5.95 Å². The zero-order chi connectivity index (χ0) is 13.1. The van der Waals surface area contributed by atoms with Gasteiger partial charge in [0.1, 0.15) is 0 Å². The molecule has 18 heavy (non-hydrogen) atoms. The van der Waals surface area contributed by atoms with Crippen LogP contribution in [0.15, 0.2) is 18.2 Å². The molecule has 0 amide bonds. The number of nitriles is 1. The molecule has 0 aliphatic rings. The first-order valence-corrected chi connectivity index (χ1v) is 6.03. The lowest BCUT2D eigenvalue weighted by Gasteiger charge is -2.20. The van der Waals surface area contributed by atoms with Gasteiger partial charge in [0.25, 0.3) is 0 Å². The average Bonchev–Trinajstić information content (AvgIpc) is 2.78. The molecular weight excluding hydrogens is 226 g/mol. The number of benzene rings is 1. The Labute approximate surface area is 106 Å². The van der Waals surface area contributed by atoms with E-state index in [1.807, 2.05) is 32.0 Å². The molecule has 0 radical (unpaired) electrons. The van der Waals surface area contributed by atoms with E-state index < -0.39 is 0 Å². The number of nitrogens with two attached hydrogens (primary N) is 1. The highest BCUT2D eigenvalue weighted by Gasteiger charge is 2.12. The fraction of sp³-hybridized carbons (Fsp3) is 0.385.